The van der Waals surface area contributed by atoms with E-state index in [0.29, 0.717) is 11.6 Å². The number of nitrogens with one attached hydrogen (secondary N) is 1. The van der Waals surface area contributed by atoms with Crippen LogP contribution in [-0.4, -0.2) is 37.2 Å². The summed E-state index contributed by atoms with van der Waals surface area (Å²) in [5.41, 5.74) is 1.55. The lowest BCUT2D eigenvalue weighted by Gasteiger charge is -2.48. The molecule has 1 aromatic rings. The van der Waals surface area contributed by atoms with E-state index in [9.17, 15) is 0 Å². The molecule has 2 rings (SSSR count). The highest BCUT2D eigenvalue weighted by Crippen LogP contribution is 2.27. The zero-order valence-corrected chi connectivity index (χ0v) is 13.4. The first-order valence-corrected chi connectivity index (χ1v) is 7.53. The summed E-state index contributed by atoms with van der Waals surface area (Å²) in [5.74, 6) is 1.74. The molecule has 1 N–H and O–H groups in total. The Labute approximate surface area is 123 Å². The van der Waals surface area contributed by atoms with Crippen LogP contribution in [0.1, 0.15) is 39.3 Å². The number of ether oxygens (including phenoxy) is 1. The molecule has 112 valence electrons. The summed E-state index contributed by atoms with van der Waals surface area (Å²) in [6.45, 7) is 12.5. The molecule has 1 aromatic carbocycles. The van der Waals surface area contributed by atoms with Gasteiger partial charge in [-0.2, -0.15) is 0 Å². The molecule has 0 aromatic heterocycles. The summed E-state index contributed by atoms with van der Waals surface area (Å²) in [4.78, 5) is 2.53. The maximum Gasteiger partial charge on any atom is 0.123 e. The molecule has 0 aliphatic carbocycles. The van der Waals surface area contributed by atoms with Crippen molar-refractivity contribution >= 4 is 0 Å². The van der Waals surface area contributed by atoms with Crippen molar-refractivity contribution in [2.24, 2.45) is 5.92 Å². The Balaban J connectivity index is 1.81. The summed E-state index contributed by atoms with van der Waals surface area (Å²) in [7, 11) is 1.73. The molecule has 1 saturated heterocycles. The van der Waals surface area contributed by atoms with Gasteiger partial charge in [0.15, 0.2) is 0 Å². The van der Waals surface area contributed by atoms with Gasteiger partial charge in [-0.25, -0.2) is 0 Å². The van der Waals surface area contributed by atoms with Gasteiger partial charge in [-0.05, 0) is 39.7 Å². The van der Waals surface area contributed by atoms with Gasteiger partial charge in [0.1, 0.15) is 5.75 Å². The minimum absolute atomic E-state index is 0.310. The second-order valence-electron chi connectivity index (χ2n) is 6.81. The largest absolute Gasteiger partial charge is 0.496 e. The molecule has 0 saturated carbocycles. The fraction of sp³-hybridized carbons (Fsp3) is 0.647. The quantitative estimate of drug-likeness (QED) is 0.894. The smallest absolute Gasteiger partial charge is 0.123 e. The molecule has 0 spiro atoms. The first-order valence-electron chi connectivity index (χ1n) is 7.53. The zero-order valence-electron chi connectivity index (χ0n) is 13.4. The van der Waals surface area contributed by atoms with Crippen LogP contribution in [-0.2, 0) is 0 Å². The molecule has 0 bridgehead atoms. The van der Waals surface area contributed by atoms with Crippen LogP contribution in [0.3, 0.4) is 0 Å². The van der Waals surface area contributed by atoms with E-state index in [1.165, 1.54) is 18.7 Å². The Morgan fingerprint density at radius 1 is 1.30 bits per heavy atom. The van der Waals surface area contributed by atoms with Crippen molar-refractivity contribution in [3.8, 4) is 5.75 Å². The van der Waals surface area contributed by atoms with E-state index in [4.69, 9.17) is 4.74 Å². The molecule has 20 heavy (non-hydrogen) atoms. The van der Waals surface area contributed by atoms with Gasteiger partial charge < -0.3 is 10.1 Å². The Kier molecular flexibility index (Phi) is 4.71. The molecule has 1 aliphatic rings. The average Bonchev–Trinajstić information content (AvgIpc) is 2.35. The molecule has 3 nitrogen and oxygen atoms in total. The first-order chi connectivity index (χ1) is 9.41. The van der Waals surface area contributed by atoms with Gasteiger partial charge in [0.25, 0.3) is 0 Å². The zero-order chi connectivity index (χ0) is 14.8. The van der Waals surface area contributed by atoms with Gasteiger partial charge in [-0.15, -0.1) is 0 Å². The van der Waals surface area contributed by atoms with Crippen molar-refractivity contribution in [2.75, 3.05) is 26.7 Å². The lowest BCUT2D eigenvalue weighted by Crippen LogP contribution is -2.58. The number of hydrogen-bond donors (Lipinski definition) is 1. The fourth-order valence-electron chi connectivity index (χ4n) is 2.72. The fourth-order valence-corrected chi connectivity index (χ4v) is 2.72. The van der Waals surface area contributed by atoms with Crippen LogP contribution >= 0.6 is 0 Å². The molecule has 1 fully saturated rings. The monoisotopic (exact) mass is 276 g/mol. The number of para-hydroxylation sites is 1. The van der Waals surface area contributed by atoms with Crippen molar-refractivity contribution in [2.45, 2.75) is 39.3 Å². The second kappa shape index (κ2) is 6.15. The van der Waals surface area contributed by atoms with E-state index in [2.05, 4.69) is 50.0 Å². The number of likely N-dealkylation sites (tertiary alicyclic amines) is 1. The van der Waals surface area contributed by atoms with Crippen molar-refractivity contribution < 1.29 is 4.74 Å². The molecular formula is C17H28N2O. The van der Waals surface area contributed by atoms with Gasteiger partial charge >= 0.3 is 0 Å². The van der Waals surface area contributed by atoms with Crippen LogP contribution in [0.15, 0.2) is 24.3 Å². The van der Waals surface area contributed by atoms with Crippen molar-refractivity contribution in [3.63, 3.8) is 0 Å². The maximum atomic E-state index is 5.43. The van der Waals surface area contributed by atoms with Crippen LogP contribution in [0.2, 0.25) is 0 Å². The van der Waals surface area contributed by atoms with Crippen LogP contribution in [0.5, 0.6) is 5.75 Å². The van der Waals surface area contributed by atoms with Crippen LogP contribution in [0.25, 0.3) is 0 Å². The minimum atomic E-state index is 0.310. The number of benzene rings is 1. The molecular weight excluding hydrogens is 248 g/mol. The standard InChI is InChI=1S/C17H28N2O/c1-13(15-8-6-7-9-16(15)20-5)18-10-14-11-19(12-14)17(2,3)4/h6-9,13-14,18H,10-12H2,1-5H3/t13-/m0/s1. The Morgan fingerprint density at radius 3 is 2.55 bits per heavy atom. The summed E-state index contributed by atoms with van der Waals surface area (Å²) >= 11 is 0. The average molecular weight is 276 g/mol. The van der Waals surface area contributed by atoms with Gasteiger partial charge in [0.2, 0.25) is 0 Å². The van der Waals surface area contributed by atoms with E-state index < -0.39 is 0 Å². The molecule has 3 heteroatoms. The predicted molar refractivity (Wildman–Crippen MR) is 84.2 cm³/mol. The Hall–Kier alpha value is -1.06. The predicted octanol–water partition coefficient (Wildman–Crippen LogP) is 3.08. The second-order valence-corrected chi connectivity index (χ2v) is 6.81. The minimum Gasteiger partial charge on any atom is -0.496 e. The first kappa shape index (κ1) is 15.3. The van der Waals surface area contributed by atoms with Crippen LogP contribution in [0, 0.1) is 5.92 Å². The van der Waals surface area contributed by atoms with E-state index in [1.54, 1.807) is 7.11 Å². The number of nitrogens with zero attached hydrogens (tertiary/aromatic N) is 1. The Bertz CT molecular complexity index is 433. The summed E-state index contributed by atoms with van der Waals surface area (Å²) in [6, 6.07) is 8.58. The molecule has 0 unspecified atom stereocenters. The van der Waals surface area contributed by atoms with Gasteiger partial charge in [-0.3, -0.25) is 4.90 Å². The normalized spacial score (nSPS) is 18.6. The highest BCUT2D eigenvalue weighted by atomic mass is 16.5. The number of rotatable bonds is 5. The molecule has 0 radical (unpaired) electrons. The number of methoxy groups -OCH3 is 1. The lowest BCUT2D eigenvalue weighted by atomic mass is 9.92. The topological polar surface area (TPSA) is 24.5 Å². The molecule has 1 aliphatic heterocycles. The van der Waals surface area contributed by atoms with Crippen molar-refractivity contribution in [1.82, 2.24) is 10.2 Å². The summed E-state index contributed by atoms with van der Waals surface area (Å²) in [6.07, 6.45) is 0. The third kappa shape index (κ3) is 3.53. The van der Waals surface area contributed by atoms with Crippen LogP contribution < -0.4 is 10.1 Å². The molecule has 1 atom stereocenters. The molecule has 0 amide bonds. The van der Waals surface area contributed by atoms with Crippen molar-refractivity contribution in [1.29, 1.82) is 0 Å². The highest BCUT2D eigenvalue weighted by molar-refractivity contribution is 5.35. The lowest BCUT2D eigenvalue weighted by molar-refractivity contribution is 0.0137. The SMILES string of the molecule is COc1ccccc1[C@H](C)NCC1CN(C(C)(C)C)C1. The van der Waals surface area contributed by atoms with Gasteiger partial charge in [-0.1, -0.05) is 18.2 Å². The van der Waals surface area contributed by atoms with E-state index >= 15 is 0 Å². The van der Waals surface area contributed by atoms with E-state index in [-0.39, 0.29) is 0 Å². The summed E-state index contributed by atoms with van der Waals surface area (Å²) in [5, 5.41) is 3.64. The van der Waals surface area contributed by atoms with E-state index in [0.717, 1.165) is 18.2 Å². The van der Waals surface area contributed by atoms with Gasteiger partial charge in [0.05, 0.1) is 7.11 Å². The van der Waals surface area contributed by atoms with Crippen molar-refractivity contribution in [3.05, 3.63) is 29.8 Å². The maximum absolute atomic E-state index is 5.43. The highest BCUT2D eigenvalue weighted by Gasteiger charge is 2.34. The third-order valence-electron chi connectivity index (χ3n) is 4.22. The Morgan fingerprint density at radius 2 is 1.95 bits per heavy atom. The number of hydrogen-bond acceptors (Lipinski definition) is 3. The van der Waals surface area contributed by atoms with E-state index in [1.807, 2.05) is 12.1 Å². The third-order valence-corrected chi connectivity index (χ3v) is 4.22. The van der Waals surface area contributed by atoms with Gasteiger partial charge in [0, 0.05) is 36.8 Å². The molecule has 1 heterocycles. The van der Waals surface area contributed by atoms with Crippen LogP contribution in [0.4, 0.5) is 0 Å². The summed E-state index contributed by atoms with van der Waals surface area (Å²) < 4.78 is 5.43.